The molecule has 1 N–H and O–H groups in total. The predicted octanol–water partition coefficient (Wildman–Crippen LogP) is 3.35. The molecule has 2 aliphatic rings. The summed E-state index contributed by atoms with van der Waals surface area (Å²) in [6.07, 6.45) is 6.88. The number of nitrogens with zero attached hydrogens (tertiary/aromatic N) is 1. The molecule has 1 fully saturated rings. The molecule has 1 aromatic carbocycles. The summed E-state index contributed by atoms with van der Waals surface area (Å²) in [6, 6.07) is 9.49. The molecule has 1 aliphatic carbocycles. The largest absolute Gasteiger partial charge is 0.371 e. The second-order valence-corrected chi connectivity index (χ2v) is 5.76. The van der Waals surface area contributed by atoms with Gasteiger partial charge in [-0.2, -0.15) is 0 Å². The van der Waals surface area contributed by atoms with Gasteiger partial charge < -0.3 is 10.2 Å². The maximum absolute atomic E-state index is 3.47. The third kappa shape index (κ3) is 2.54. The summed E-state index contributed by atoms with van der Waals surface area (Å²) in [5, 5.41) is 3.47. The summed E-state index contributed by atoms with van der Waals surface area (Å²) in [5.74, 6) is 1.03. The van der Waals surface area contributed by atoms with Crippen LogP contribution in [0.25, 0.3) is 0 Å². The van der Waals surface area contributed by atoms with E-state index in [0.717, 1.165) is 5.92 Å². The van der Waals surface area contributed by atoms with E-state index in [2.05, 4.69) is 41.5 Å². The molecule has 0 saturated heterocycles. The molecule has 0 bridgehead atoms. The van der Waals surface area contributed by atoms with Crippen molar-refractivity contribution in [2.45, 2.75) is 38.1 Å². The van der Waals surface area contributed by atoms with Crippen LogP contribution in [0, 0.1) is 5.92 Å². The van der Waals surface area contributed by atoms with E-state index in [0.29, 0.717) is 6.04 Å². The number of hydrogen-bond donors (Lipinski definition) is 1. The summed E-state index contributed by atoms with van der Waals surface area (Å²) >= 11 is 0. The van der Waals surface area contributed by atoms with Gasteiger partial charge in [0.2, 0.25) is 0 Å². The number of benzene rings is 1. The third-order valence-corrected chi connectivity index (χ3v) is 4.43. The molecule has 18 heavy (non-hydrogen) atoms. The summed E-state index contributed by atoms with van der Waals surface area (Å²) in [7, 11) is 2.08. The van der Waals surface area contributed by atoms with Gasteiger partial charge in [-0.05, 0) is 43.9 Å². The van der Waals surface area contributed by atoms with E-state index in [1.54, 1.807) is 0 Å². The van der Waals surface area contributed by atoms with Crippen molar-refractivity contribution in [2.24, 2.45) is 5.92 Å². The first kappa shape index (κ1) is 12.0. The number of nitrogens with one attached hydrogen (secondary N) is 1. The molecule has 3 rings (SSSR count). The SMILES string of the molecule is CNC1CCCN(CCC2CC2)c2ccccc21. The van der Waals surface area contributed by atoms with Crippen molar-refractivity contribution in [2.75, 3.05) is 25.0 Å². The first-order valence-electron chi connectivity index (χ1n) is 7.39. The summed E-state index contributed by atoms with van der Waals surface area (Å²) < 4.78 is 0. The van der Waals surface area contributed by atoms with E-state index in [-0.39, 0.29) is 0 Å². The van der Waals surface area contributed by atoms with Crippen LogP contribution in [0.3, 0.4) is 0 Å². The van der Waals surface area contributed by atoms with Gasteiger partial charge in [-0.1, -0.05) is 31.0 Å². The fourth-order valence-corrected chi connectivity index (χ4v) is 3.11. The van der Waals surface area contributed by atoms with Crippen LogP contribution in [0.4, 0.5) is 5.69 Å². The molecule has 1 atom stereocenters. The van der Waals surface area contributed by atoms with Crippen molar-refractivity contribution < 1.29 is 0 Å². The molecule has 0 radical (unpaired) electrons. The van der Waals surface area contributed by atoms with Crippen molar-refractivity contribution >= 4 is 5.69 Å². The van der Waals surface area contributed by atoms with Gasteiger partial charge in [0.05, 0.1) is 0 Å². The van der Waals surface area contributed by atoms with Crippen molar-refractivity contribution in [1.29, 1.82) is 0 Å². The summed E-state index contributed by atoms with van der Waals surface area (Å²) in [5.41, 5.74) is 2.96. The van der Waals surface area contributed by atoms with Gasteiger partial charge in [-0.25, -0.2) is 0 Å². The first-order chi connectivity index (χ1) is 8.88. The van der Waals surface area contributed by atoms with Gasteiger partial charge in [0.15, 0.2) is 0 Å². The van der Waals surface area contributed by atoms with Crippen LogP contribution in [0.1, 0.15) is 43.7 Å². The average Bonchev–Trinajstić information content (AvgIpc) is 3.23. The lowest BCUT2D eigenvalue weighted by atomic mass is 10.0. The van der Waals surface area contributed by atoms with Gasteiger partial charge >= 0.3 is 0 Å². The topological polar surface area (TPSA) is 15.3 Å². The molecule has 2 nitrogen and oxygen atoms in total. The van der Waals surface area contributed by atoms with E-state index in [9.17, 15) is 0 Å². The van der Waals surface area contributed by atoms with Crippen molar-refractivity contribution in [1.82, 2.24) is 5.32 Å². The smallest absolute Gasteiger partial charge is 0.0414 e. The van der Waals surface area contributed by atoms with E-state index in [4.69, 9.17) is 0 Å². The Morgan fingerprint density at radius 1 is 1.22 bits per heavy atom. The van der Waals surface area contributed by atoms with Crippen molar-refractivity contribution in [3.8, 4) is 0 Å². The van der Waals surface area contributed by atoms with Gasteiger partial charge in [0.25, 0.3) is 0 Å². The number of rotatable bonds is 4. The highest BCUT2D eigenvalue weighted by molar-refractivity contribution is 5.55. The van der Waals surface area contributed by atoms with E-state index >= 15 is 0 Å². The van der Waals surface area contributed by atoms with Gasteiger partial charge in [-0.3, -0.25) is 0 Å². The number of anilines is 1. The predicted molar refractivity (Wildman–Crippen MR) is 77.0 cm³/mol. The Kier molecular flexibility index (Phi) is 3.55. The molecule has 0 amide bonds. The zero-order chi connectivity index (χ0) is 12.4. The number of fused-ring (bicyclic) bond motifs is 1. The average molecular weight is 244 g/mol. The number of para-hydroxylation sites is 1. The molecule has 0 spiro atoms. The molecular formula is C16H24N2. The van der Waals surface area contributed by atoms with E-state index < -0.39 is 0 Å². The zero-order valence-corrected chi connectivity index (χ0v) is 11.4. The van der Waals surface area contributed by atoms with Crippen LogP contribution < -0.4 is 10.2 Å². The maximum Gasteiger partial charge on any atom is 0.0414 e. The Morgan fingerprint density at radius 2 is 2.06 bits per heavy atom. The molecule has 1 aromatic rings. The van der Waals surface area contributed by atoms with Crippen LogP contribution in [0.5, 0.6) is 0 Å². The second-order valence-electron chi connectivity index (χ2n) is 5.76. The molecule has 2 heteroatoms. The molecule has 1 heterocycles. The normalized spacial score (nSPS) is 23.6. The van der Waals surface area contributed by atoms with Crippen LogP contribution in [0.2, 0.25) is 0 Å². The third-order valence-electron chi connectivity index (χ3n) is 4.43. The maximum atomic E-state index is 3.47. The molecule has 1 unspecified atom stereocenters. The quantitative estimate of drug-likeness (QED) is 0.874. The Labute approximate surface area is 110 Å². The van der Waals surface area contributed by atoms with Crippen molar-refractivity contribution in [3.63, 3.8) is 0 Å². The second kappa shape index (κ2) is 5.31. The molecule has 1 saturated carbocycles. The number of hydrogen-bond acceptors (Lipinski definition) is 2. The fraction of sp³-hybridized carbons (Fsp3) is 0.625. The first-order valence-corrected chi connectivity index (χ1v) is 7.39. The van der Waals surface area contributed by atoms with Crippen LogP contribution in [-0.4, -0.2) is 20.1 Å². The highest BCUT2D eigenvalue weighted by Gasteiger charge is 2.25. The van der Waals surface area contributed by atoms with E-state index in [1.165, 1.54) is 56.4 Å². The Morgan fingerprint density at radius 3 is 2.83 bits per heavy atom. The minimum Gasteiger partial charge on any atom is -0.371 e. The summed E-state index contributed by atoms with van der Waals surface area (Å²) in [6.45, 7) is 2.47. The summed E-state index contributed by atoms with van der Waals surface area (Å²) in [4.78, 5) is 2.62. The zero-order valence-electron chi connectivity index (χ0n) is 11.4. The Hall–Kier alpha value is -1.02. The monoisotopic (exact) mass is 244 g/mol. The lowest BCUT2D eigenvalue weighted by Gasteiger charge is -2.25. The molecular weight excluding hydrogens is 220 g/mol. The molecule has 1 aliphatic heterocycles. The molecule has 0 aromatic heterocycles. The Bertz CT molecular complexity index is 398. The minimum absolute atomic E-state index is 0.534. The van der Waals surface area contributed by atoms with E-state index in [1.807, 2.05) is 0 Å². The van der Waals surface area contributed by atoms with Crippen molar-refractivity contribution in [3.05, 3.63) is 29.8 Å². The Balaban J connectivity index is 1.80. The van der Waals surface area contributed by atoms with Gasteiger partial charge in [-0.15, -0.1) is 0 Å². The van der Waals surface area contributed by atoms with Crippen LogP contribution in [-0.2, 0) is 0 Å². The fourth-order valence-electron chi connectivity index (χ4n) is 3.11. The highest BCUT2D eigenvalue weighted by Crippen LogP contribution is 2.36. The van der Waals surface area contributed by atoms with Gasteiger partial charge in [0, 0.05) is 24.8 Å². The van der Waals surface area contributed by atoms with Crippen LogP contribution in [0.15, 0.2) is 24.3 Å². The van der Waals surface area contributed by atoms with Crippen LogP contribution >= 0.6 is 0 Å². The minimum atomic E-state index is 0.534. The standard InChI is InChI=1S/C16H24N2/c1-17-15-6-4-11-18(12-10-13-8-9-13)16-7-3-2-5-14(15)16/h2-3,5,7,13,15,17H,4,6,8-12H2,1H3. The lowest BCUT2D eigenvalue weighted by molar-refractivity contribution is 0.540. The van der Waals surface area contributed by atoms with Gasteiger partial charge in [0.1, 0.15) is 0 Å². The highest BCUT2D eigenvalue weighted by atomic mass is 15.1. The molecule has 98 valence electrons. The lowest BCUT2D eigenvalue weighted by Crippen LogP contribution is -2.25.